The molecule has 0 fully saturated rings. The van der Waals surface area contributed by atoms with E-state index in [2.05, 4.69) is 158 Å². The SMILES string of the molecule is C=C/C=C(/C(=N\c1oc2ccccc2c1C)n1c2ccccc2c2c3c(c4c5cc6ccccc6cc5oc4c21)CCC=C3)c1cccc(-c2ccccc2)c1. The summed E-state index contributed by atoms with van der Waals surface area (Å²) >= 11 is 0. The zero-order valence-electron chi connectivity index (χ0n) is 30.9. The average Bonchev–Trinajstić information content (AvgIpc) is 3.90. The van der Waals surface area contributed by atoms with Gasteiger partial charge in [-0.15, -0.1) is 0 Å². The molecule has 0 radical (unpaired) electrons. The van der Waals surface area contributed by atoms with E-state index < -0.39 is 0 Å². The Bertz CT molecular complexity index is 3330. The fraction of sp³-hybridized carbons (Fsp3) is 0.0577. The summed E-state index contributed by atoms with van der Waals surface area (Å²) in [5.41, 5.74) is 12.3. The Morgan fingerprint density at radius 1 is 0.696 bits per heavy atom. The lowest BCUT2D eigenvalue weighted by molar-refractivity contribution is 0.623. The summed E-state index contributed by atoms with van der Waals surface area (Å²) < 4.78 is 16.0. The van der Waals surface area contributed by atoms with Gasteiger partial charge in [-0.1, -0.05) is 140 Å². The van der Waals surface area contributed by atoms with Gasteiger partial charge in [0.15, 0.2) is 5.58 Å². The van der Waals surface area contributed by atoms with Gasteiger partial charge in [-0.2, -0.15) is 4.99 Å². The number of rotatable bonds is 5. The molecule has 0 amide bonds. The van der Waals surface area contributed by atoms with Crippen molar-refractivity contribution in [2.75, 3.05) is 0 Å². The van der Waals surface area contributed by atoms with E-state index in [0.717, 1.165) is 101 Å². The third-order valence-corrected chi connectivity index (χ3v) is 11.4. The number of allylic oxidation sites excluding steroid dienone is 4. The molecule has 11 rings (SSSR count). The van der Waals surface area contributed by atoms with Crippen molar-refractivity contribution in [3.05, 3.63) is 187 Å². The van der Waals surface area contributed by atoms with E-state index in [1.807, 2.05) is 24.3 Å². The molecule has 4 heteroatoms. The fourth-order valence-corrected chi connectivity index (χ4v) is 8.86. The van der Waals surface area contributed by atoms with Gasteiger partial charge in [-0.05, 0) is 88.7 Å². The molecule has 266 valence electrons. The van der Waals surface area contributed by atoms with Gasteiger partial charge in [0, 0.05) is 38.1 Å². The quantitative estimate of drug-likeness (QED) is 0.101. The molecule has 0 saturated heterocycles. The predicted octanol–water partition coefficient (Wildman–Crippen LogP) is 14.4. The molecule has 10 aromatic rings. The molecule has 56 heavy (non-hydrogen) atoms. The second kappa shape index (κ2) is 12.7. The molecule has 0 aliphatic heterocycles. The van der Waals surface area contributed by atoms with Crippen molar-refractivity contribution < 1.29 is 8.83 Å². The Hall–Kier alpha value is -7.17. The fourth-order valence-electron chi connectivity index (χ4n) is 8.86. The standard InChI is InChI=1S/C52H36N2O2/c1-3-16-39(37-22-15-21-34(29-37)33-17-5-4-6-18-33)51(53-52-32(2)38-23-12-14-28-45(38)56-52)54-44-27-13-11-26-42(44)47-40-24-9-10-25-41(40)48-43-30-35-19-7-8-20-36(35)31-46(43)55-50(48)49(47)54/h3-9,11-24,26-31H,1,10,25H2,2H3/b39-16+,53-51+. The molecule has 0 N–H and O–H groups in total. The Kier molecular flexibility index (Phi) is 7.33. The molecule has 0 spiro atoms. The first-order valence-electron chi connectivity index (χ1n) is 19.2. The number of para-hydroxylation sites is 2. The molecule has 0 bridgehead atoms. The van der Waals surface area contributed by atoms with Crippen LogP contribution in [0.4, 0.5) is 5.88 Å². The number of aliphatic imine (C=N–C) groups is 1. The van der Waals surface area contributed by atoms with Gasteiger partial charge < -0.3 is 8.83 Å². The van der Waals surface area contributed by atoms with E-state index in [4.69, 9.17) is 13.8 Å². The van der Waals surface area contributed by atoms with Crippen molar-refractivity contribution in [3.63, 3.8) is 0 Å². The number of fused-ring (bicyclic) bond motifs is 12. The number of furan rings is 2. The van der Waals surface area contributed by atoms with Gasteiger partial charge in [0.25, 0.3) is 0 Å². The Balaban J connectivity index is 1.31. The molecule has 0 unspecified atom stereocenters. The van der Waals surface area contributed by atoms with Gasteiger partial charge in [-0.25, -0.2) is 0 Å². The van der Waals surface area contributed by atoms with E-state index >= 15 is 0 Å². The second-order valence-corrected chi connectivity index (χ2v) is 14.6. The lowest BCUT2D eigenvalue weighted by Crippen LogP contribution is -2.14. The third kappa shape index (κ3) is 4.89. The molecule has 1 aliphatic rings. The molecule has 0 saturated carbocycles. The van der Waals surface area contributed by atoms with Gasteiger partial charge in [0.1, 0.15) is 17.0 Å². The first kappa shape index (κ1) is 32.3. The number of aromatic nitrogens is 1. The number of nitrogens with zero attached hydrogens (tertiary/aromatic N) is 2. The maximum Gasteiger partial charge on any atom is 0.224 e. The average molecular weight is 721 g/mol. The highest BCUT2D eigenvalue weighted by atomic mass is 16.3. The number of benzene rings is 7. The topological polar surface area (TPSA) is 43.6 Å². The van der Waals surface area contributed by atoms with E-state index in [1.165, 1.54) is 21.9 Å². The highest BCUT2D eigenvalue weighted by Crippen LogP contribution is 2.47. The zero-order valence-corrected chi connectivity index (χ0v) is 30.9. The summed E-state index contributed by atoms with van der Waals surface area (Å²) in [6.45, 7) is 6.31. The van der Waals surface area contributed by atoms with Crippen LogP contribution >= 0.6 is 0 Å². The molecule has 7 aromatic carbocycles. The maximum atomic E-state index is 7.14. The van der Waals surface area contributed by atoms with Crippen molar-refractivity contribution in [2.45, 2.75) is 19.8 Å². The van der Waals surface area contributed by atoms with Crippen molar-refractivity contribution in [1.82, 2.24) is 4.57 Å². The molecule has 0 atom stereocenters. The summed E-state index contributed by atoms with van der Waals surface area (Å²) in [5.74, 6) is 1.28. The smallest absolute Gasteiger partial charge is 0.224 e. The van der Waals surface area contributed by atoms with E-state index in [9.17, 15) is 0 Å². The van der Waals surface area contributed by atoms with Gasteiger partial charge in [-0.3, -0.25) is 4.57 Å². The summed E-state index contributed by atoms with van der Waals surface area (Å²) in [6, 6.07) is 49.0. The lowest BCUT2D eigenvalue weighted by Gasteiger charge is -2.18. The van der Waals surface area contributed by atoms with Crippen LogP contribution in [0.3, 0.4) is 0 Å². The monoisotopic (exact) mass is 720 g/mol. The number of hydrogen-bond donors (Lipinski definition) is 0. The molecule has 1 aliphatic carbocycles. The van der Waals surface area contributed by atoms with E-state index in [1.54, 1.807) is 0 Å². The van der Waals surface area contributed by atoms with Crippen LogP contribution in [0.1, 0.15) is 28.7 Å². The van der Waals surface area contributed by atoms with Crippen LogP contribution in [-0.2, 0) is 6.42 Å². The van der Waals surface area contributed by atoms with Crippen LogP contribution < -0.4 is 0 Å². The second-order valence-electron chi connectivity index (χ2n) is 14.6. The minimum atomic E-state index is 0.561. The minimum absolute atomic E-state index is 0.561. The zero-order chi connectivity index (χ0) is 37.3. The summed E-state index contributed by atoms with van der Waals surface area (Å²) in [7, 11) is 0. The normalized spacial score (nSPS) is 13.5. The van der Waals surface area contributed by atoms with Crippen LogP contribution in [0.15, 0.2) is 178 Å². The Labute approximate surface area is 323 Å². The summed E-state index contributed by atoms with van der Waals surface area (Å²) in [4.78, 5) is 5.59. The number of hydrogen-bond acceptors (Lipinski definition) is 3. The lowest BCUT2D eigenvalue weighted by atomic mass is 9.89. The largest absolute Gasteiger partial charge is 0.454 e. The molecule has 3 heterocycles. The maximum absolute atomic E-state index is 7.14. The van der Waals surface area contributed by atoms with Crippen molar-refractivity contribution in [1.29, 1.82) is 0 Å². The summed E-state index contributed by atoms with van der Waals surface area (Å²) in [5, 5.41) is 7.99. The highest BCUT2D eigenvalue weighted by molar-refractivity contribution is 6.34. The van der Waals surface area contributed by atoms with E-state index in [0.29, 0.717) is 5.88 Å². The van der Waals surface area contributed by atoms with Crippen LogP contribution in [-0.4, -0.2) is 10.4 Å². The van der Waals surface area contributed by atoms with Crippen LogP contribution in [0.2, 0.25) is 0 Å². The Morgan fingerprint density at radius 3 is 2.29 bits per heavy atom. The minimum Gasteiger partial charge on any atom is -0.454 e. The predicted molar refractivity (Wildman–Crippen MR) is 235 cm³/mol. The molecule has 4 nitrogen and oxygen atoms in total. The number of aryl methyl sites for hydroxylation is 2. The van der Waals surface area contributed by atoms with Crippen LogP contribution in [0, 0.1) is 6.92 Å². The van der Waals surface area contributed by atoms with Gasteiger partial charge in [0.2, 0.25) is 5.88 Å². The highest BCUT2D eigenvalue weighted by Gasteiger charge is 2.29. The molecular formula is C52H36N2O2. The first-order chi connectivity index (χ1) is 27.7. The first-order valence-corrected chi connectivity index (χ1v) is 19.2. The molecular weight excluding hydrogens is 685 g/mol. The van der Waals surface area contributed by atoms with Crippen LogP contribution in [0.5, 0.6) is 0 Å². The van der Waals surface area contributed by atoms with Crippen molar-refractivity contribution >= 4 is 88.9 Å². The van der Waals surface area contributed by atoms with Gasteiger partial charge in [0.05, 0.1) is 11.0 Å². The van der Waals surface area contributed by atoms with Crippen molar-refractivity contribution in [3.8, 4) is 11.1 Å². The molecule has 3 aromatic heterocycles. The third-order valence-electron chi connectivity index (χ3n) is 11.4. The Morgan fingerprint density at radius 2 is 1.45 bits per heavy atom. The van der Waals surface area contributed by atoms with Crippen molar-refractivity contribution in [2.24, 2.45) is 4.99 Å². The summed E-state index contributed by atoms with van der Waals surface area (Å²) in [6.07, 6.45) is 10.5. The van der Waals surface area contributed by atoms with E-state index in [-0.39, 0.29) is 0 Å². The van der Waals surface area contributed by atoms with Gasteiger partial charge >= 0.3 is 0 Å². The van der Waals surface area contributed by atoms with Crippen LogP contribution in [0.25, 0.3) is 88.3 Å².